The number of nitrogens with one attached hydrogen (secondary N) is 1. The van der Waals surface area contributed by atoms with Crippen LogP contribution in [0.3, 0.4) is 0 Å². The van der Waals surface area contributed by atoms with Crippen LogP contribution in [0.2, 0.25) is 0 Å². The van der Waals surface area contributed by atoms with Crippen molar-refractivity contribution in [3.05, 3.63) is 47.9 Å². The van der Waals surface area contributed by atoms with Gasteiger partial charge in [-0.1, -0.05) is 12.1 Å². The molecule has 0 fully saturated rings. The standard InChI is InChI=1S/C14H14N4O/c1-19-12-4-2-3-11(9-12)5-6-17-14-13(10-15)16-7-8-18-14/h2-4,7-9H,5-6H2,1H3,(H,17,18). The number of nitrogens with zero attached hydrogens (tertiary/aromatic N) is 3. The van der Waals surface area contributed by atoms with Gasteiger partial charge in [0.15, 0.2) is 11.5 Å². The Morgan fingerprint density at radius 1 is 1.32 bits per heavy atom. The summed E-state index contributed by atoms with van der Waals surface area (Å²) >= 11 is 0. The van der Waals surface area contributed by atoms with Crippen molar-refractivity contribution in [2.45, 2.75) is 6.42 Å². The number of benzene rings is 1. The smallest absolute Gasteiger partial charge is 0.182 e. The Labute approximate surface area is 111 Å². The van der Waals surface area contributed by atoms with E-state index in [2.05, 4.69) is 15.3 Å². The van der Waals surface area contributed by atoms with E-state index in [1.807, 2.05) is 30.3 Å². The Balaban J connectivity index is 1.94. The molecule has 1 aromatic heterocycles. The van der Waals surface area contributed by atoms with Gasteiger partial charge in [-0.15, -0.1) is 0 Å². The second-order valence-corrected chi connectivity index (χ2v) is 3.89. The zero-order valence-electron chi connectivity index (χ0n) is 10.6. The molecule has 0 amide bonds. The summed E-state index contributed by atoms with van der Waals surface area (Å²) in [4.78, 5) is 8.04. The molecule has 0 aliphatic rings. The normalized spacial score (nSPS) is 9.68. The van der Waals surface area contributed by atoms with E-state index in [9.17, 15) is 0 Å². The van der Waals surface area contributed by atoms with Crippen LogP contribution in [0.1, 0.15) is 11.3 Å². The lowest BCUT2D eigenvalue weighted by atomic mass is 10.1. The van der Waals surface area contributed by atoms with Crippen molar-refractivity contribution < 1.29 is 4.74 Å². The minimum Gasteiger partial charge on any atom is -0.497 e. The maximum absolute atomic E-state index is 8.89. The monoisotopic (exact) mass is 254 g/mol. The quantitative estimate of drug-likeness (QED) is 0.883. The van der Waals surface area contributed by atoms with Gasteiger partial charge >= 0.3 is 0 Å². The van der Waals surface area contributed by atoms with E-state index in [0.717, 1.165) is 17.7 Å². The van der Waals surface area contributed by atoms with Gasteiger partial charge in [0, 0.05) is 18.9 Å². The van der Waals surface area contributed by atoms with Crippen LogP contribution < -0.4 is 10.1 Å². The molecule has 0 aliphatic heterocycles. The first-order valence-electron chi connectivity index (χ1n) is 5.91. The summed E-state index contributed by atoms with van der Waals surface area (Å²) in [6.45, 7) is 0.681. The van der Waals surface area contributed by atoms with Crippen molar-refractivity contribution in [3.8, 4) is 11.8 Å². The van der Waals surface area contributed by atoms with E-state index >= 15 is 0 Å². The van der Waals surface area contributed by atoms with Crippen molar-refractivity contribution in [1.82, 2.24) is 9.97 Å². The van der Waals surface area contributed by atoms with Crippen molar-refractivity contribution >= 4 is 5.82 Å². The fourth-order valence-corrected chi connectivity index (χ4v) is 1.70. The molecule has 0 spiro atoms. The van der Waals surface area contributed by atoms with Gasteiger partial charge in [0.1, 0.15) is 11.8 Å². The molecule has 5 nitrogen and oxygen atoms in total. The molecule has 1 N–H and O–H groups in total. The lowest BCUT2D eigenvalue weighted by molar-refractivity contribution is 0.414. The second-order valence-electron chi connectivity index (χ2n) is 3.89. The highest BCUT2D eigenvalue weighted by Gasteiger charge is 2.03. The summed E-state index contributed by atoms with van der Waals surface area (Å²) in [6.07, 6.45) is 3.89. The molecule has 19 heavy (non-hydrogen) atoms. The zero-order valence-corrected chi connectivity index (χ0v) is 10.6. The fraction of sp³-hybridized carbons (Fsp3) is 0.214. The summed E-state index contributed by atoms with van der Waals surface area (Å²) in [7, 11) is 1.65. The van der Waals surface area contributed by atoms with Gasteiger partial charge in [0.2, 0.25) is 0 Å². The minimum absolute atomic E-state index is 0.313. The average Bonchev–Trinajstić information content (AvgIpc) is 2.48. The third kappa shape index (κ3) is 3.42. The Morgan fingerprint density at radius 3 is 2.95 bits per heavy atom. The van der Waals surface area contributed by atoms with E-state index in [1.165, 1.54) is 6.20 Å². The number of methoxy groups -OCH3 is 1. The molecule has 0 saturated heterocycles. The molecular formula is C14H14N4O. The third-order valence-electron chi connectivity index (χ3n) is 2.64. The Hall–Kier alpha value is -2.61. The number of anilines is 1. The van der Waals surface area contributed by atoms with E-state index in [-0.39, 0.29) is 0 Å². The first-order chi connectivity index (χ1) is 9.33. The predicted octanol–water partition coefficient (Wildman–Crippen LogP) is 2.01. The van der Waals surface area contributed by atoms with Crippen molar-refractivity contribution in [2.75, 3.05) is 19.0 Å². The SMILES string of the molecule is COc1cccc(CCNc2nccnc2C#N)c1. The summed E-state index contributed by atoms with van der Waals surface area (Å²) in [5.41, 5.74) is 1.47. The van der Waals surface area contributed by atoms with Gasteiger partial charge in [-0.2, -0.15) is 5.26 Å². The van der Waals surface area contributed by atoms with Gasteiger partial charge in [-0.05, 0) is 24.1 Å². The molecule has 0 aliphatic carbocycles. The molecular weight excluding hydrogens is 240 g/mol. The Kier molecular flexibility index (Phi) is 4.29. The highest BCUT2D eigenvalue weighted by molar-refractivity contribution is 5.46. The summed E-state index contributed by atoms with van der Waals surface area (Å²) in [5.74, 6) is 1.36. The molecule has 0 unspecified atom stereocenters. The fourth-order valence-electron chi connectivity index (χ4n) is 1.70. The maximum Gasteiger partial charge on any atom is 0.182 e. The average molecular weight is 254 g/mol. The van der Waals surface area contributed by atoms with Gasteiger partial charge in [0.05, 0.1) is 7.11 Å². The van der Waals surface area contributed by atoms with Crippen molar-refractivity contribution in [3.63, 3.8) is 0 Å². The number of hydrogen-bond donors (Lipinski definition) is 1. The molecule has 2 rings (SSSR count). The first kappa shape index (κ1) is 12.8. The molecule has 0 radical (unpaired) electrons. The minimum atomic E-state index is 0.313. The van der Waals surface area contributed by atoms with Crippen LogP contribution in [0.5, 0.6) is 5.75 Å². The van der Waals surface area contributed by atoms with Gasteiger partial charge in [-0.3, -0.25) is 0 Å². The lowest BCUT2D eigenvalue weighted by Crippen LogP contribution is -2.08. The van der Waals surface area contributed by atoms with Crippen LogP contribution in [0.25, 0.3) is 0 Å². The molecule has 1 heterocycles. The number of hydrogen-bond acceptors (Lipinski definition) is 5. The largest absolute Gasteiger partial charge is 0.497 e. The van der Waals surface area contributed by atoms with E-state index in [0.29, 0.717) is 18.1 Å². The van der Waals surface area contributed by atoms with Crippen LogP contribution in [0.4, 0.5) is 5.82 Å². The molecule has 0 saturated carbocycles. The van der Waals surface area contributed by atoms with Crippen LogP contribution >= 0.6 is 0 Å². The number of rotatable bonds is 5. The number of nitriles is 1. The molecule has 5 heteroatoms. The van der Waals surface area contributed by atoms with E-state index in [4.69, 9.17) is 10.00 Å². The molecule has 0 atom stereocenters. The highest BCUT2D eigenvalue weighted by Crippen LogP contribution is 2.13. The van der Waals surface area contributed by atoms with Crippen LogP contribution in [0.15, 0.2) is 36.7 Å². The topological polar surface area (TPSA) is 70.8 Å². The molecule has 1 aromatic carbocycles. The van der Waals surface area contributed by atoms with Gasteiger partial charge in [0.25, 0.3) is 0 Å². The first-order valence-corrected chi connectivity index (χ1v) is 5.91. The zero-order chi connectivity index (χ0) is 13.5. The summed E-state index contributed by atoms with van der Waals surface area (Å²) in [5, 5.41) is 12.0. The highest BCUT2D eigenvalue weighted by atomic mass is 16.5. The van der Waals surface area contributed by atoms with E-state index < -0.39 is 0 Å². The lowest BCUT2D eigenvalue weighted by Gasteiger charge is -2.07. The van der Waals surface area contributed by atoms with Crippen LogP contribution in [-0.2, 0) is 6.42 Å². The van der Waals surface area contributed by atoms with Crippen molar-refractivity contribution in [2.24, 2.45) is 0 Å². The molecule has 2 aromatic rings. The number of aromatic nitrogens is 2. The summed E-state index contributed by atoms with van der Waals surface area (Å²) < 4.78 is 5.17. The molecule has 96 valence electrons. The Morgan fingerprint density at radius 2 is 2.16 bits per heavy atom. The number of ether oxygens (including phenoxy) is 1. The van der Waals surface area contributed by atoms with Gasteiger partial charge in [-0.25, -0.2) is 9.97 Å². The maximum atomic E-state index is 8.89. The van der Waals surface area contributed by atoms with Crippen LogP contribution in [-0.4, -0.2) is 23.6 Å². The second kappa shape index (κ2) is 6.36. The third-order valence-corrected chi connectivity index (χ3v) is 2.64. The molecule has 0 bridgehead atoms. The predicted molar refractivity (Wildman–Crippen MR) is 71.9 cm³/mol. The van der Waals surface area contributed by atoms with Crippen LogP contribution in [0, 0.1) is 11.3 Å². The van der Waals surface area contributed by atoms with E-state index in [1.54, 1.807) is 13.3 Å². The van der Waals surface area contributed by atoms with Crippen molar-refractivity contribution in [1.29, 1.82) is 5.26 Å². The van der Waals surface area contributed by atoms with Gasteiger partial charge < -0.3 is 10.1 Å². The Bertz CT molecular complexity index is 592. The summed E-state index contributed by atoms with van der Waals surface area (Å²) in [6, 6.07) is 9.90.